The number of aromatic nitrogens is 4. The molecule has 6 rings (SSSR count). The van der Waals surface area contributed by atoms with Crippen LogP contribution in [0.3, 0.4) is 0 Å². The molecule has 1 aliphatic carbocycles. The molecule has 0 unspecified atom stereocenters. The first-order chi connectivity index (χ1) is 20.7. The highest BCUT2D eigenvalue weighted by molar-refractivity contribution is 6.30. The molecule has 1 amide bonds. The Morgan fingerprint density at radius 3 is 2.40 bits per heavy atom. The summed E-state index contributed by atoms with van der Waals surface area (Å²) < 4.78 is 49.1. The van der Waals surface area contributed by atoms with Gasteiger partial charge in [0.1, 0.15) is 5.82 Å². The molecule has 226 valence electrons. The molecule has 13 heteroatoms. The van der Waals surface area contributed by atoms with Crippen molar-refractivity contribution < 1.29 is 22.7 Å². The molecule has 4 aromatic rings. The Morgan fingerprint density at radius 1 is 1.00 bits per heavy atom. The second-order valence-electron chi connectivity index (χ2n) is 10.9. The smallest absolute Gasteiger partial charge is 0.378 e. The third-order valence-electron chi connectivity index (χ3n) is 8.15. The predicted octanol–water partition coefficient (Wildman–Crippen LogP) is 5.08. The van der Waals surface area contributed by atoms with Gasteiger partial charge in [0, 0.05) is 31.9 Å². The van der Waals surface area contributed by atoms with E-state index in [2.05, 4.69) is 20.2 Å². The maximum absolute atomic E-state index is 13.8. The number of pyridine rings is 2. The van der Waals surface area contributed by atoms with Crippen LogP contribution in [0, 0.1) is 5.92 Å². The molecule has 0 spiro atoms. The average Bonchev–Trinajstić information content (AvgIpc) is 3.28. The number of ether oxygens (including phenoxy) is 1. The number of alkyl halides is 3. The van der Waals surface area contributed by atoms with E-state index in [1.807, 2.05) is 36.4 Å². The Kier molecular flexibility index (Phi) is 8.15. The SMILES string of the molecule is O=C(NC1CCC(Cn2c(=O)n(-c3ccc(N4CCOCC4)nc3)c3ccccc32)CC1)c1cc(Cl)cnc1C(F)(F)F. The summed E-state index contributed by atoms with van der Waals surface area (Å²) in [5, 5.41) is 2.68. The van der Waals surface area contributed by atoms with E-state index in [0.717, 1.165) is 42.2 Å². The third kappa shape index (κ3) is 6.12. The van der Waals surface area contributed by atoms with E-state index in [1.54, 1.807) is 15.3 Å². The lowest BCUT2D eigenvalue weighted by molar-refractivity contribution is -0.141. The van der Waals surface area contributed by atoms with Gasteiger partial charge in [0.2, 0.25) is 0 Å². The lowest BCUT2D eigenvalue weighted by Crippen LogP contribution is -2.39. The van der Waals surface area contributed by atoms with E-state index in [1.165, 1.54) is 0 Å². The standard InChI is InChI=1S/C30H30ClF3N6O3/c31-20-15-23(27(36-16-20)30(32,33)34)28(41)37-21-7-5-19(6-8-21)18-39-24-3-1-2-4-25(24)40(29(39)42)22-9-10-26(35-17-22)38-11-13-43-14-12-38/h1-4,9-10,15-17,19,21H,5-8,11-14,18H2,(H,37,41). The van der Waals surface area contributed by atoms with Crippen LogP contribution in [0.25, 0.3) is 16.7 Å². The lowest BCUT2D eigenvalue weighted by atomic mass is 9.85. The maximum atomic E-state index is 13.8. The van der Waals surface area contributed by atoms with Crippen LogP contribution < -0.4 is 15.9 Å². The number of nitrogens with zero attached hydrogens (tertiary/aromatic N) is 5. The van der Waals surface area contributed by atoms with Crippen molar-refractivity contribution in [2.45, 2.75) is 44.4 Å². The van der Waals surface area contributed by atoms with Crippen LogP contribution in [0.4, 0.5) is 19.0 Å². The zero-order chi connectivity index (χ0) is 30.1. The number of para-hydroxylation sites is 2. The van der Waals surface area contributed by atoms with Crippen molar-refractivity contribution in [3.63, 3.8) is 0 Å². The number of hydrogen-bond donors (Lipinski definition) is 1. The van der Waals surface area contributed by atoms with E-state index in [4.69, 9.17) is 16.3 Å². The number of carbonyl (C=O) groups is 1. The number of benzene rings is 1. The highest BCUT2D eigenvalue weighted by atomic mass is 35.5. The predicted molar refractivity (Wildman–Crippen MR) is 156 cm³/mol. The van der Waals surface area contributed by atoms with Crippen molar-refractivity contribution >= 4 is 34.4 Å². The molecule has 2 aliphatic rings. The molecule has 0 atom stereocenters. The van der Waals surface area contributed by atoms with Gasteiger partial charge in [-0.1, -0.05) is 23.7 Å². The minimum Gasteiger partial charge on any atom is -0.378 e. The Bertz CT molecular complexity index is 1670. The van der Waals surface area contributed by atoms with Crippen molar-refractivity contribution in [1.82, 2.24) is 24.4 Å². The third-order valence-corrected chi connectivity index (χ3v) is 8.36. The summed E-state index contributed by atoms with van der Waals surface area (Å²) in [6.07, 6.45) is 0.373. The highest BCUT2D eigenvalue weighted by Gasteiger charge is 2.38. The van der Waals surface area contributed by atoms with Crippen LogP contribution in [-0.2, 0) is 17.5 Å². The fraction of sp³-hybridized carbons (Fsp3) is 0.400. The largest absolute Gasteiger partial charge is 0.434 e. The van der Waals surface area contributed by atoms with Gasteiger partial charge in [0.25, 0.3) is 5.91 Å². The summed E-state index contributed by atoms with van der Waals surface area (Å²) in [5.74, 6) is 0.151. The molecule has 3 aromatic heterocycles. The Hall–Kier alpha value is -3.90. The summed E-state index contributed by atoms with van der Waals surface area (Å²) in [6, 6.07) is 12.2. The van der Waals surface area contributed by atoms with Crippen LogP contribution in [0.5, 0.6) is 0 Å². The van der Waals surface area contributed by atoms with Crippen LogP contribution in [-0.4, -0.2) is 57.4 Å². The van der Waals surface area contributed by atoms with Gasteiger partial charge in [-0.2, -0.15) is 13.2 Å². The first kappa shape index (κ1) is 29.2. The topological polar surface area (TPSA) is 94.3 Å². The number of morpholine rings is 1. The van der Waals surface area contributed by atoms with Gasteiger partial charge in [-0.15, -0.1) is 0 Å². The van der Waals surface area contributed by atoms with E-state index >= 15 is 0 Å². The molecule has 1 saturated carbocycles. The zero-order valence-corrected chi connectivity index (χ0v) is 23.9. The summed E-state index contributed by atoms with van der Waals surface area (Å²) in [5.41, 5.74) is 0.264. The summed E-state index contributed by atoms with van der Waals surface area (Å²) in [7, 11) is 0. The molecule has 1 saturated heterocycles. The van der Waals surface area contributed by atoms with Gasteiger partial charge in [0.05, 0.1) is 46.7 Å². The van der Waals surface area contributed by atoms with Crippen molar-refractivity contribution in [1.29, 1.82) is 0 Å². The minimum absolute atomic E-state index is 0.0460. The number of amides is 1. The average molecular weight is 615 g/mol. The van der Waals surface area contributed by atoms with E-state index in [9.17, 15) is 22.8 Å². The number of carbonyl (C=O) groups excluding carboxylic acids is 1. The van der Waals surface area contributed by atoms with Crippen molar-refractivity contribution in [2.24, 2.45) is 5.92 Å². The fourth-order valence-electron chi connectivity index (χ4n) is 5.97. The van der Waals surface area contributed by atoms with Crippen molar-refractivity contribution in [3.05, 3.63) is 81.6 Å². The summed E-state index contributed by atoms with van der Waals surface area (Å²) in [4.78, 5) is 36.7. The van der Waals surface area contributed by atoms with Crippen LogP contribution >= 0.6 is 11.6 Å². The van der Waals surface area contributed by atoms with Crippen LogP contribution in [0.1, 0.15) is 41.7 Å². The number of nitrogens with one attached hydrogen (secondary N) is 1. The number of hydrogen-bond acceptors (Lipinski definition) is 6. The van der Waals surface area contributed by atoms with Crippen LogP contribution in [0.15, 0.2) is 59.7 Å². The van der Waals surface area contributed by atoms with E-state index in [0.29, 0.717) is 51.1 Å². The summed E-state index contributed by atoms with van der Waals surface area (Å²) >= 11 is 5.84. The lowest BCUT2D eigenvalue weighted by Gasteiger charge is -2.29. The number of anilines is 1. The number of rotatable bonds is 6. The van der Waals surface area contributed by atoms with Crippen molar-refractivity contribution in [3.8, 4) is 5.69 Å². The van der Waals surface area contributed by atoms with Gasteiger partial charge >= 0.3 is 11.9 Å². The second kappa shape index (κ2) is 12.0. The van der Waals surface area contributed by atoms with Crippen molar-refractivity contribution in [2.75, 3.05) is 31.2 Å². The number of halogens is 4. The Labute approximate surface area is 250 Å². The van der Waals surface area contributed by atoms with Gasteiger partial charge in [-0.05, 0) is 61.9 Å². The molecular formula is C30H30ClF3N6O3. The molecule has 1 aliphatic heterocycles. The van der Waals surface area contributed by atoms with Gasteiger partial charge in [0.15, 0.2) is 5.69 Å². The molecule has 4 heterocycles. The first-order valence-electron chi connectivity index (χ1n) is 14.2. The molecule has 1 aromatic carbocycles. The number of fused-ring (bicyclic) bond motifs is 1. The quantitative estimate of drug-likeness (QED) is 0.326. The normalized spacial score (nSPS) is 19.5. The van der Waals surface area contributed by atoms with E-state index in [-0.39, 0.29) is 22.7 Å². The van der Waals surface area contributed by atoms with Gasteiger partial charge in [-0.25, -0.2) is 14.8 Å². The molecule has 0 radical (unpaired) electrons. The first-order valence-corrected chi connectivity index (χ1v) is 14.6. The minimum atomic E-state index is -4.78. The molecular weight excluding hydrogens is 585 g/mol. The fourth-order valence-corrected chi connectivity index (χ4v) is 6.13. The summed E-state index contributed by atoms with van der Waals surface area (Å²) in [6.45, 7) is 3.34. The zero-order valence-electron chi connectivity index (χ0n) is 23.2. The maximum Gasteiger partial charge on any atom is 0.434 e. The molecule has 2 fully saturated rings. The second-order valence-corrected chi connectivity index (χ2v) is 11.4. The molecule has 0 bridgehead atoms. The molecule has 43 heavy (non-hydrogen) atoms. The van der Waals surface area contributed by atoms with Crippen LogP contribution in [0.2, 0.25) is 5.02 Å². The van der Waals surface area contributed by atoms with Gasteiger partial charge < -0.3 is 15.0 Å². The molecule has 9 nitrogen and oxygen atoms in total. The Balaban J connectivity index is 1.15. The number of imidazole rings is 1. The highest BCUT2D eigenvalue weighted by Crippen LogP contribution is 2.32. The van der Waals surface area contributed by atoms with Gasteiger partial charge in [-0.3, -0.25) is 13.9 Å². The van der Waals surface area contributed by atoms with E-state index < -0.39 is 23.3 Å². The Morgan fingerprint density at radius 2 is 1.72 bits per heavy atom. The monoisotopic (exact) mass is 614 g/mol. The molecule has 1 N–H and O–H groups in total.